The number of hydrogen-bond donors (Lipinski definition) is 2. The third-order valence-corrected chi connectivity index (χ3v) is 6.77. The number of carbonyl (C=O) groups excluding carboxylic acids is 1. The van der Waals surface area contributed by atoms with Gasteiger partial charge in [-0.3, -0.25) is 9.79 Å². The molecular weight excluding hydrogens is 394 g/mol. The molecule has 1 saturated heterocycles. The summed E-state index contributed by atoms with van der Waals surface area (Å²) in [7, 11) is 0. The van der Waals surface area contributed by atoms with Crippen LogP contribution in [-0.2, 0) is 17.8 Å². The third kappa shape index (κ3) is 5.14. The standard InChI is InChI=1S/C23H31N5OS/c1-2-24-23(26-19-9-13-27(17-19)20-6-4-3-5-7-20)25-12-8-22(29)28-14-10-21-18(16-28)11-15-30-21/h3-7,11,15,19H,2,8-10,12-14,16-17H2,1H3,(H2,24,25,26). The van der Waals surface area contributed by atoms with Gasteiger partial charge in [0.05, 0.1) is 6.54 Å². The second-order valence-electron chi connectivity index (χ2n) is 7.86. The Morgan fingerprint density at radius 1 is 1.23 bits per heavy atom. The minimum absolute atomic E-state index is 0.197. The highest BCUT2D eigenvalue weighted by Gasteiger charge is 2.24. The third-order valence-electron chi connectivity index (χ3n) is 5.75. The van der Waals surface area contributed by atoms with Gasteiger partial charge in [0.2, 0.25) is 5.91 Å². The SMILES string of the molecule is CCNC(=NCCC(=O)N1CCc2sccc2C1)NC1CCN(c2ccccc2)C1. The summed E-state index contributed by atoms with van der Waals surface area (Å²) in [5.74, 6) is 1.01. The first kappa shape index (κ1) is 20.7. The molecule has 0 spiro atoms. The van der Waals surface area contributed by atoms with Gasteiger partial charge in [-0.1, -0.05) is 18.2 Å². The molecule has 0 bridgehead atoms. The normalized spacial score (nSPS) is 19.0. The Kier molecular flexibility index (Phi) is 6.89. The number of para-hydroxylation sites is 1. The van der Waals surface area contributed by atoms with Crippen LogP contribution in [0.2, 0.25) is 0 Å². The fraction of sp³-hybridized carbons (Fsp3) is 0.478. The van der Waals surface area contributed by atoms with Crippen LogP contribution in [0.1, 0.15) is 30.2 Å². The van der Waals surface area contributed by atoms with E-state index in [2.05, 4.69) is 69.2 Å². The number of thiophene rings is 1. The van der Waals surface area contributed by atoms with Crippen molar-refractivity contribution in [3.05, 3.63) is 52.2 Å². The van der Waals surface area contributed by atoms with Crippen LogP contribution >= 0.6 is 11.3 Å². The molecule has 1 aromatic heterocycles. The summed E-state index contributed by atoms with van der Waals surface area (Å²) in [6, 6.07) is 13.0. The number of rotatable bonds is 6. The van der Waals surface area contributed by atoms with Gasteiger partial charge >= 0.3 is 0 Å². The smallest absolute Gasteiger partial charge is 0.224 e. The lowest BCUT2D eigenvalue weighted by atomic mass is 10.1. The molecule has 1 unspecified atom stereocenters. The predicted octanol–water partition coefficient (Wildman–Crippen LogP) is 2.86. The number of nitrogens with zero attached hydrogens (tertiary/aromatic N) is 3. The number of guanidine groups is 1. The number of nitrogens with one attached hydrogen (secondary N) is 2. The van der Waals surface area contributed by atoms with Gasteiger partial charge in [-0.2, -0.15) is 0 Å². The number of carbonyl (C=O) groups is 1. The minimum atomic E-state index is 0.197. The molecule has 0 saturated carbocycles. The van der Waals surface area contributed by atoms with E-state index in [1.807, 2.05) is 4.90 Å². The summed E-state index contributed by atoms with van der Waals surface area (Å²) < 4.78 is 0. The van der Waals surface area contributed by atoms with E-state index < -0.39 is 0 Å². The van der Waals surface area contributed by atoms with Crippen molar-refractivity contribution in [2.24, 2.45) is 4.99 Å². The lowest BCUT2D eigenvalue weighted by molar-refractivity contribution is -0.131. The Labute approximate surface area is 183 Å². The average Bonchev–Trinajstić information content (AvgIpc) is 3.43. The van der Waals surface area contributed by atoms with E-state index in [-0.39, 0.29) is 5.91 Å². The Hall–Kier alpha value is -2.54. The van der Waals surface area contributed by atoms with Crippen molar-refractivity contribution in [1.29, 1.82) is 0 Å². The van der Waals surface area contributed by atoms with Gasteiger partial charge in [-0.25, -0.2) is 0 Å². The zero-order chi connectivity index (χ0) is 20.8. The highest BCUT2D eigenvalue weighted by molar-refractivity contribution is 7.10. The van der Waals surface area contributed by atoms with Crippen LogP contribution in [0, 0.1) is 0 Å². The lowest BCUT2D eigenvalue weighted by Crippen LogP contribution is -2.44. The van der Waals surface area contributed by atoms with Crippen LogP contribution in [0.3, 0.4) is 0 Å². The predicted molar refractivity (Wildman–Crippen MR) is 124 cm³/mol. The van der Waals surface area contributed by atoms with E-state index in [0.717, 1.165) is 51.5 Å². The van der Waals surface area contributed by atoms with Gasteiger partial charge in [0.1, 0.15) is 0 Å². The topological polar surface area (TPSA) is 60.0 Å². The maximum Gasteiger partial charge on any atom is 0.224 e. The highest BCUT2D eigenvalue weighted by Crippen LogP contribution is 2.24. The van der Waals surface area contributed by atoms with Crippen molar-refractivity contribution >= 4 is 28.9 Å². The van der Waals surface area contributed by atoms with Crippen LogP contribution < -0.4 is 15.5 Å². The first-order chi connectivity index (χ1) is 14.7. The van der Waals surface area contributed by atoms with Crippen molar-refractivity contribution in [3.63, 3.8) is 0 Å². The van der Waals surface area contributed by atoms with Gasteiger partial charge in [-0.05, 0) is 48.9 Å². The first-order valence-corrected chi connectivity index (χ1v) is 11.8. The molecule has 2 aliphatic heterocycles. The molecular formula is C23H31N5OS. The fourth-order valence-electron chi connectivity index (χ4n) is 4.15. The maximum absolute atomic E-state index is 12.6. The molecule has 1 aromatic carbocycles. The average molecular weight is 426 g/mol. The summed E-state index contributed by atoms with van der Waals surface area (Å²) in [5.41, 5.74) is 2.58. The lowest BCUT2D eigenvalue weighted by Gasteiger charge is -2.27. The van der Waals surface area contributed by atoms with Crippen molar-refractivity contribution in [1.82, 2.24) is 15.5 Å². The van der Waals surface area contributed by atoms with Crippen LogP contribution in [0.4, 0.5) is 5.69 Å². The van der Waals surface area contributed by atoms with E-state index in [1.165, 1.54) is 16.1 Å². The van der Waals surface area contributed by atoms with Gasteiger partial charge < -0.3 is 20.4 Å². The second-order valence-corrected chi connectivity index (χ2v) is 8.86. The Balaban J connectivity index is 1.26. The zero-order valence-corrected chi connectivity index (χ0v) is 18.5. The van der Waals surface area contributed by atoms with Gasteiger partial charge in [0.15, 0.2) is 5.96 Å². The second kappa shape index (κ2) is 9.98. The van der Waals surface area contributed by atoms with E-state index >= 15 is 0 Å². The Morgan fingerprint density at radius 3 is 2.93 bits per heavy atom. The van der Waals surface area contributed by atoms with Crippen LogP contribution in [0.15, 0.2) is 46.8 Å². The summed E-state index contributed by atoms with van der Waals surface area (Å²) in [4.78, 5) is 23.1. The number of amides is 1. The van der Waals surface area contributed by atoms with Crippen LogP contribution in [-0.4, -0.2) is 55.5 Å². The number of benzene rings is 1. The van der Waals surface area contributed by atoms with E-state index in [0.29, 0.717) is 19.0 Å². The first-order valence-electron chi connectivity index (χ1n) is 10.9. The van der Waals surface area contributed by atoms with E-state index in [4.69, 9.17) is 0 Å². The van der Waals surface area contributed by atoms with Crippen molar-refractivity contribution in [2.75, 3.05) is 37.6 Å². The zero-order valence-electron chi connectivity index (χ0n) is 17.6. The summed E-state index contributed by atoms with van der Waals surface area (Å²) >= 11 is 1.80. The Bertz CT molecular complexity index is 865. The Morgan fingerprint density at radius 2 is 2.10 bits per heavy atom. The minimum Gasteiger partial charge on any atom is -0.369 e. The molecule has 0 aliphatic carbocycles. The van der Waals surface area contributed by atoms with Crippen LogP contribution in [0.25, 0.3) is 0 Å². The van der Waals surface area contributed by atoms with Gasteiger partial charge in [0.25, 0.3) is 0 Å². The molecule has 4 rings (SSSR count). The largest absolute Gasteiger partial charge is 0.369 e. The monoisotopic (exact) mass is 425 g/mol. The molecule has 30 heavy (non-hydrogen) atoms. The molecule has 7 heteroatoms. The number of aliphatic imine (C=N–C) groups is 1. The summed E-state index contributed by atoms with van der Waals surface area (Å²) in [6.45, 7) is 6.96. The summed E-state index contributed by atoms with van der Waals surface area (Å²) in [5, 5.41) is 9.00. The van der Waals surface area contributed by atoms with Crippen molar-refractivity contribution in [3.8, 4) is 0 Å². The van der Waals surface area contributed by atoms with E-state index in [9.17, 15) is 4.79 Å². The summed E-state index contributed by atoms with van der Waals surface area (Å²) in [6.07, 6.45) is 2.51. The molecule has 2 N–H and O–H groups in total. The number of anilines is 1. The quantitative estimate of drug-likeness (QED) is 0.552. The highest BCUT2D eigenvalue weighted by atomic mass is 32.1. The van der Waals surface area contributed by atoms with Gasteiger partial charge in [-0.15, -0.1) is 11.3 Å². The number of hydrogen-bond acceptors (Lipinski definition) is 4. The van der Waals surface area contributed by atoms with Gasteiger partial charge in [0, 0.05) is 55.8 Å². The molecule has 6 nitrogen and oxygen atoms in total. The van der Waals surface area contributed by atoms with Crippen LogP contribution in [0.5, 0.6) is 0 Å². The van der Waals surface area contributed by atoms with Crippen molar-refractivity contribution in [2.45, 2.75) is 38.8 Å². The number of fused-ring (bicyclic) bond motifs is 1. The molecule has 1 atom stereocenters. The van der Waals surface area contributed by atoms with Crippen molar-refractivity contribution < 1.29 is 4.79 Å². The molecule has 1 fully saturated rings. The molecule has 2 aromatic rings. The molecule has 160 valence electrons. The molecule has 3 heterocycles. The molecule has 2 aliphatic rings. The fourth-order valence-corrected chi connectivity index (χ4v) is 5.04. The molecule has 1 amide bonds. The maximum atomic E-state index is 12.6. The van der Waals surface area contributed by atoms with E-state index in [1.54, 1.807) is 11.3 Å². The molecule has 0 radical (unpaired) electrons.